The monoisotopic (exact) mass is 332 g/mol. The molecule has 0 radical (unpaired) electrons. The van der Waals surface area contributed by atoms with Crippen molar-refractivity contribution in [3.05, 3.63) is 59.4 Å². The minimum Gasteiger partial charge on any atom is -0.489 e. The fourth-order valence-corrected chi connectivity index (χ4v) is 2.06. The van der Waals surface area contributed by atoms with Crippen molar-refractivity contribution in [3.63, 3.8) is 0 Å². The van der Waals surface area contributed by atoms with Crippen molar-refractivity contribution in [1.29, 1.82) is 0 Å². The van der Waals surface area contributed by atoms with E-state index in [4.69, 9.17) is 22.1 Å². The minimum absolute atomic E-state index is 0.0766. The standard InChI is InChI=1S/C17H21ClN4O/c1-13(23-16-7-5-14(18)6-8-16)12-22-17(19)21-11-9-15-4-2-3-10-20-15/h2-8,10,13H,9,11-12H2,1H3,(H3,19,21,22). The third-order valence-corrected chi connectivity index (χ3v) is 3.34. The number of aromatic nitrogens is 1. The lowest BCUT2D eigenvalue weighted by Crippen LogP contribution is -2.34. The number of nitrogens with two attached hydrogens (primary N) is 1. The molecule has 1 unspecified atom stereocenters. The quantitative estimate of drug-likeness (QED) is 0.604. The third kappa shape index (κ3) is 6.57. The molecule has 3 N–H and O–H groups in total. The number of nitrogens with zero attached hydrogens (tertiary/aromatic N) is 2. The highest BCUT2D eigenvalue weighted by atomic mass is 35.5. The van der Waals surface area contributed by atoms with E-state index in [2.05, 4.69) is 15.3 Å². The van der Waals surface area contributed by atoms with Crippen LogP contribution in [0.25, 0.3) is 0 Å². The maximum absolute atomic E-state index is 5.84. The van der Waals surface area contributed by atoms with Gasteiger partial charge in [-0.1, -0.05) is 17.7 Å². The van der Waals surface area contributed by atoms with E-state index in [1.807, 2.05) is 37.3 Å². The average Bonchev–Trinajstić information content (AvgIpc) is 2.56. The van der Waals surface area contributed by atoms with Crippen molar-refractivity contribution in [2.75, 3.05) is 13.1 Å². The normalized spacial score (nSPS) is 12.7. The summed E-state index contributed by atoms with van der Waals surface area (Å²) in [6, 6.07) is 13.1. The van der Waals surface area contributed by atoms with Gasteiger partial charge in [-0.2, -0.15) is 0 Å². The average molecular weight is 333 g/mol. The highest BCUT2D eigenvalue weighted by molar-refractivity contribution is 6.30. The van der Waals surface area contributed by atoms with Crippen molar-refractivity contribution < 1.29 is 4.74 Å². The van der Waals surface area contributed by atoms with Crippen LogP contribution in [0.1, 0.15) is 12.6 Å². The molecule has 6 heteroatoms. The van der Waals surface area contributed by atoms with Crippen LogP contribution in [0.5, 0.6) is 5.75 Å². The maximum atomic E-state index is 5.84. The lowest BCUT2D eigenvalue weighted by atomic mass is 10.3. The summed E-state index contributed by atoms with van der Waals surface area (Å²) in [5.74, 6) is 1.17. The number of halogens is 1. The van der Waals surface area contributed by atoms with Gasteiger partial charge >= 0.3 is 0 Å². The Balaban J connectivity index is 1.70. The van der Waals surface area contributed by atoms with Crippen molar-refractivity contribution in [3.8, 4) is 5.75 Å². The van der Waals surface area contributed by atoms with E-state index in [0.717, 1.165) is 17.9 Å². The van der Waals surface area contributed by atoms with E-state index >= 15 is 0 Å². The maximum Gasteiger partial charge on any atom is 0.188 e. The molecule has 0 fully saturated rings. The Bertz CT molecular complexity index is 616. The van der Waals surface area contributed by atoms with Gasteiger partial charge in [0, 0.05) is 29.9 Å². The predicted molar refractivity (Wildman–Crippen MR) is 94.0 cm³/mol. The third-order valence-electron chi connectivity index (χ3n) is 3.08. The molecule has 0 aliphatic rings. The molecule has 0 bridgehead atoms. The van der Waals surface area contributed by atoms with E-state index in [1.54, 1.807) is 18.3 Å². The van der Waals surface area contributed by atoms with Gasteiger partial charge in [0.25, 0.3) is 0 Å². The molecular weight excluding hydrogens is 312 g/mol. The molecule has 1 heterocycles. The molecule has 2 aromatic rings. The lowest BCUT2D eigenvalue weighted by molar-refractivity contribution is 0.230. The van der Waals surface area contributed by atoms with Gasteiger partial charge in [-0.3, -0.25) is 4.98 Å². The van der Waals surface area contributed by atoms with Crippen LogP contribution in [0.2, 0.25) is 5.02 Å². The summed E-state index contributed by atoms with van der Waals surface area (Å²) < 4.78 is 5.73. The molecular formula is C17H21ClN4O. The van der Waals surface area contributed by atoms with Crippen LogP contribution < -0.4 is 15.8 Å². The summed E-state index contributed by atoms with van der Waals surface area (Å²) >= 11 is 5.84. The first-order valence-electron chi connectivity index (χ1n) is 7.49. The zero-order chi connectivity index (χ0) is 16.5. The number of hydrogen-bond donors (Lipinski definition) is 2. The first kappa shape index (κ1) is 17.1. The first-order chi connectivity index (χ1) is 11.1. The Labute approximate surface area is 141 Å². The molecule has 23 heavy (non-hydrogen) atoms. The van der Waals surface area contributed by atoms with Crippen LogP contribution in [-0.2, 0) is 6.42 Å². The summed E-state index contributed by atoms with van der Waals surface area (Å²) in [5.41, 5.74) is 6.87. The van der Waals surface area contributed by atoms with Gasteiger partial charge in [0.05, 0.1) is 6.54 Å². The molecule has 0 aliphatic carbocycles. The second-order valence-corrected chi connectivity index (χ2v) is 5.54. The number of hydrogen-bond acceptors (Lipinski definition) is 3. The highest BCUT2D eigenvalue weighted by Gasteiger charge is 2.03. The summed E-state index contributed by atoms with van der Waals surface area (Å²) in [7, 11) is 0. The Hall–Kier alpha value is -2.27. The molecule has 5 nitrogen and oxygen atoms in total. The predicted octanol–water partition coefficient (Wildman–Crippen LogP) is 2.65. The van der Waals surface area contributed by atoms with Gasteiger partial charge in [-0.15, -0.1) is 0 Å². The number of benzene rings is 1. The number of ether oxygens (including phenoxy) is 1. The first-order valence-corrected chi connectivity index (χ1v) is 7.87. The number of aliphatic imine (C=N–C) groups is 1. The van der Waals surface area contributed by atoms with Gasteiger partial charge < -0.3 is 15.8 Å². The topological polar surface area (TPSA) is 72.5 Å². The molecule has 0 saturated carbocycles. The summed E-state index contributed by atoms with van der Waals surface area (Å²) in [6.45, 7) is 3.11. The molecule has 1 aromatic carbocycles. The van der Waals surface area contributed by atoms with Crippen molar-refractivity contribution in [2.45, 2.75) is 19.4 Å². The van der Waals surface area contributed by atoms with Crippen LogP contribution >= 0.6 is 11.6 Å². The van der Waals surface area contributed by atoms with Crippen LogP contribution in [0.3, 0.4) is 0 Å². The number of rotatable bonds is 7. The zero-order valence-corrected chi connectivity index (χ0v) is 13.8. The van der Waals surface area contributed by atoms with Crippen LogP contribution in [0.4, 0.5) is 0 Å². The van der Waals surface area contributed by atoms with Gasteiger partial charge in [0.2, 0.25) is 0 Å². The Morgan fingerprint density at radius 2 is 2.09 bits per heavy atom. The van der Waals surface area contributed by atoms with E-state index in [-0.39, 0.29) is 6.10 Å². The SMILES string of the molecule is CC(CN=C(N)NCCc1ccccn1)Oc1ccc(Cl)cc1. The number of guanidine groups is 1. The van der Waals surface area contributed by atoms with Gasteiger partial charge in [0.1, 0.15) is 11.9 Å². The second kappa shape index (κ2) is 9.00. The minimum atomic E-state index is -0.0766. The Morgan fingerprint density at radius 3 is 2.78 bits per heavy atom. The Kier molecular flexibility index (Phi) is 6.69. The number of pyridine rings is 1. The van der Waals surface area contributed by atoms with Gasteiger partial charge in [-0.05, 0) is 43.3 Å². The van der Waals surface area contributed by atoms with Gasteiger partial charge in [0.15, 0.2) is 5.96 Å². The van der Waals surface area contributed by atoms with Crippen molar-refractivity contribution >= 4 is 17.6 Å². The molecule has 0 saturated heterocycles. The zero-order valence-electron chi connectivity index (χ0n) is 13.1. The molecule has 0 amide bonds. The second-order valence-electron chi connectivity index (χ2n) is 5.11. The molecule has 1 atom stereocenters. The number of nitrogens with one attached hydrogen (secondary N) is 1. The van der Waals surface area contributed by atoms with E-state index < -0.39 is 0 Å². The van der Waals surface area contributed by atoms with Crippen LogP contribution in [-0.4, -0.2) is 30.1 Å². The fourth-order valence-electron chi connectivity index (χ4n) is 1.93. The largest absolute Gasteiger partial charge is 0.489 e. The van der Waals surface area contributed by atoms with E-state index in [9.17, 15) is 0 Å². The molecule has 1 aromatic heterocycles. The fraction of sp³-hybridized carbons (Fsp3) is 0.294. The molecule has 2 rings (SSSR count). The highest BCUT2D eigenvalue weighted by Crippen LogP contribution is 2.16. The van der Waals surface area contributed by atoms with Crippen molar-refractivity contribution in [1.82, 2.24) is 10.3 Å². The summed E-state index contributed by atoms with van der Waals surface area (Å²) in [6.07, 6.45) is 2.50. The molecule has 122 valence electrons. The summed E-state index contributed by atoms with van der Waals surface area (Å²) in [5, 5.41) is 3.76. The van der Waals surface area contributed by atoms with Crippen LogP contribution in [0.15, 0.2) is 53.7 Å². The van der Waals surface area contributed by atoms with Gasteiger partial charge in [-0.25, -0.2) is 4.99 Å². The molecule has 0 aliphatic heterocycles. The smallest absolute Gasteiger partial charge is 0.188 e. The van der Waals surface area contributed by atoms with Crippen LogP contribution in [0, 0.1) is 0 Å². The summed E-state index contributed by atoms with van der Waals surface area (Å²) in [4.78, 5) is 8.53. The van der Waals surface area contributed by atoms with Crippen molar-refractivity contribution in [2.24, 2.45) is 10.7 Å². The molecule has 0 spiro atoms. The Morgan fingerprint density at radius 1 is 1.30 bits per heavy atom. The lowest BCUT2D eigenvalue weighted by Gasteiger charge is -2.13. The van der Waals surface area contributed by atoms with E-state index in [0.29, 0.717) is 24.1 Å². The van der Waals surface area contributed by atoms with E-state index in [1.165, 1.54) is 0 Å².